The molecule has 2 amide bonds. The Morgan fingerprint density at radius 1 is 1.33 bits per heavy atom. The van der Waals surface area contributed by atoms with E-state index in [-0.39, 0.29) is 18.4 Å². The summed E-state index contributed by atoms with van der Waals surface area (Å²) in [4.78, 5) is 25.4. The highest BCUT2D eigenvalue weighted by atomic mass is 16.5. The van der Waals surface area contributed by atoms with Gasteiger partial charge in [-0.05, 0) is 24.6 Å². The molecule has 1 fully saturated rings. The number of benzene rings is 1. The molecule has 8 nitrogen and oxygen atoms in total. The molecule has 0 spiro atoms. The average molecular weight is 337 g/mol. The fourth-order valence-corrected chi connectivity index (χ4v) is 2.83. The number of ether oxygens (including phenoxy) is 2. The Hall–Kier alpha value is -2.32. The predicted molar refractivity (Wildman–Crippen MR) is 85.9 cm³/mol. The van der Waals surface area contributed by atoms with Crippen molar-refractivity contribution in [2.45, 2.75) is 32.0 Å². The van der Waals surface area contributed by atoms with E-state index < -0.39 is 11.9 Å². The van der Waals surface area contributed by atoms with Gasteiger partial charge in [0.15, 0.2) is 0 Å². The summed E-state index contributed by atoms with van der Waals surface area (Å²) in [7, 11) is 3.15. The Labute approximate surface area is 140 Å². The molecule has 3 N–H and O–H groups in total. The van der Waals surface area contributed by atoms with Crippen LogP contribution in [0.25, 0.3) is 0 Å². The van der Waals surface area contributed by atoms with Crippen LogP contribution in [0.4, 0.5) is 0 Å². The molecule has 0 radical (unpaired) electrons. The lowest BCUT2D eigenvalue weighted by Gasteiger charge is -2.39. The topological polar surface area (TPSA) is 100 Å². The number of piperazine rings is 1. The van der Waals surface area contributed by atoms with Gasteiger partial charge in [0.1, 0.15) is 11.5 Å². The van der Waals surface area contributed by atoms with Gasteiger partial charge in [-0.2, -0.15) is 0 Å². The van der Waals surface area contributed by atoms with Gasteiger partial charge in [0.25, 0.3) is 0 Å². The first-order valence-electron chi connectivity index (χ1n) is 7.66. The van der Waals surface area contributed by atoms with E-state index in [1.54, 1.807) is 32.7 Å². The van der Waals surface area contributed by atoms with Crippen molar-refractivity contribution < 1.29 is 24.3 Å². The van der Waals surface area contributed by atoms with Gasteiger partial charge in [-0.15, -0.1) is 0 Å². The Morgan fingerprint density at radius 3 is 2.50 bits per heavy atom. The standard InChI is InChI=1S/C16H23N3O5/c1-10-16(21)17-8-12(6-15(20)18-22)19(10)9-11-4-13(23-2)7-14(5-11)24-3/h4-5,7,10,12,22H,6,8-9H2,1-3H3,(H,17,21)(H,18,20)/t10-,12?/m0/s1. The summed E-state index contributed by atoms with van der Waals surface area (Å²) in [6.45, 7) is 2.58. The third kappa shape index (κ3) is 4.15. The van der Waals surface area contributed by atoms with Crippen molar-refractivity contribution in [3.8, 4) is 11.5 Å². The van der Waals surface area contributed by atoms with Gasteiger partial charge in [-0.1, -0.05) is 0 Å². The number of rotatable bonds is 6. The highest BCUT2D eigenvalue weighted by Gasteiger charge is 2.34. The smallest absolute Gasteiger partial charge is 0.244 e. The molecule has 0 aromatic heterocycles. The van der Waals surface area contributed by atoms with Crippen molar-refractivity contribution in [2.75, 3.05) is 20.8 Å². The summed E-state index contributed by atoms with van der Waals surface area (Å²) < 4.78 is 10.5. The van der Waals surface area contributed by atoms with Crippen LogP contribution in [-0.2, 0) is 16.1 Å². The summed E-state index contributed by atoms with van der Waals surface area (Å²) in [6, 6.07) is 4.89. The lowest BCUT2D eigenvalue weighted by molar-refractivity contribution is -0.136. The lowest BCUT2D eigenvalue weighted by Crippen LogP contribution is -2.59. The summed E-state index contributed by atoms with van der Waals surface area (Å²) in [6.07, 6.45) is 0.0855. The molecule has 1 unspecified atom stereocenters. The first-order chi connectivity index (χ1) is 11.5. The van der Waals surface area contributed by atoms with Crippen LogP contribution in [0, 0.1) is 0 Å². The lowest BCUT2D eigenvalue weighted by atomic mass is 10.0. The molecule has 2 rings (SSSR count). The maximum absolute atomic E-state index is 12.0. The minimum atomic E-state index is -0.489. The summed E-state index contributed by atoms with van der Waals surface area (Å²) in [5.74, 6) is 0.730. The second-order valence-electron chi connectivity index (χ2n) is 5.71. The van der Waals surface area contributed by atoms with Crippen molar-refractivity contribution >= 4 is 11.8 Å². The SMILES string of the molecule is COc1cc(CN2C(CC(=O)NO)CNC(=O)[C@@H]2C)cc(OC)c1. The first kappa shape index (κ1) is 18.0. The van der Waals surface area contributed by atoms with Gasteiger partial charge < -0.3 is 14.8 Å². The molecule has 24 heavy (non-hydrogen) atoms. The van der Waals surface area contributed by atoms with Gasteiger partial charge in [-0.3, -0.25) is 19.7 Å². The number of nitrogens with zero attached hydrogens (tertiary/aromatic N) is 1. The second kappa shape index (κ2) is 7.98. The van der Waals surface area contributed by atoms with Crippen LogP contribution in [0.1, 0.15) is 18.9 Å². The van der Waals surface area contributed by atoms with Gasteiger partial charge in [0.05, 0.1) is 20.3 Å². The van der Waals surface area contributed by atoms with Gasteiger partial charge >= 0.3 is 0 Å². The zero-order chi connectivity index (χ0) is 17.7. The van der Waals surface area contributed by atoms with Gasteiger partial charge in [0.2, 0.25) is 11.8 Å². The summed E-state index contributed by atoms with van der Waals surface area (Å²) in [5.41, 5.74) is 2.55. The molecule has 1 heterocycles. The van der Waals surface area contributed by atoms with E-state index in [1.165, 1.54) is 0 Å². The van der Waals surface area contributed by atoms with Crippen LogP contribution in [0.3, 0.4) is 0 Å². The number of hydrogen-bond donors (Lipinski definition) is 3. The Bertz CT molecular complexity index is 585. The number of nitrogens with one attached hydrogen (secondary N) is 2. The third-order valence-electron chi connectivity index (χ3n) is 4.18. The largest absolute Gasteiger partial charge is 0.497 e. The van der Waals surface area contributed by atoms with Crippen LogP contribution in [0.2, 0.25) is 0 Å². The molecule has 0 aliphatic carbocycles. The zero-order valence-corrected chi connectivity index (χ0v) is 14.0. The molecule has 1 saturated heterocycles. The molecule has 1 aromatic rings. The second-order valence-corrected chi connectivity index (χ2v) is 5.71. The number of carbonyl (C=O) groups is 2. The Morgan fingerprint density at radius 2 is 1.96 bits per heavy atom. The van der Waals surface area contributed by atoms with Crippen molar-refractivity contribution in [3.63, 3.8) is 0 Å². The molecule has 132 valence electrons. The molecule has 0 bridgehead atoms. The maximum atomic E-state index is 12.0. The van der Waals surface area contributed by atoms with Crippen molar-refractivity contribution in [3.05, 3.63) is 23.8 Å². The fraction of sp³-hybridized carbons (Fsp3) is 0.500. The summed E-state index contributed by atoms with van der Waals surface area (Å²) in [5, 5.41) is 11.5. The molecule has 0 saturated carbocycles. The van der Waals surface area contributed by atoms with E-state index in [1.807, 2.05) is 17.0 Å². The van der Waals surface area contributed by atoms with Crippen molar-refractivity contribution in [2.24, 2.45) is 0 Å². The molecule has 8 heteroatoms. The molecule has 2 atom stereocenters. The molecular formula is C16H23N3O5. The maximum Gasteiger partial charge on any atom is 0.244 e. The first-order valence-corrected chi connectivity index (χ1v) is 7.66. The van der Waals surface area contributed by atoms with E-state index in [0.717, 1.165) is 5.56 Å². The average Bonchev–Trinajstić information content (AvgIpc) is 2.60. The zero-order valence-electron chi connectivity index (χ0n) is 14.0. The minimum Gasteiger partial charge on any atom is -0.497 e. The number of hydroxylamine groups is 1. The quantitative estimate of drug-likeness (QED) is 0.510. The molecular weight excluding hydrogens is 314 g/mol. The Balaban J connectivity index is 2.24. The van der Waals surface area contributed by atoms with Crippen LogP contribution in [-0.4, -0.2) is 54.8 Å². The van der Waals surface area contributed by atoms with Crippen molar-refractivity contribution in [1.29, 1.82) is 0 Å². The number of hydrogen-bond acceptors (Lipinski definition) is 6. The minimum absolute atomic E-state index is 0.0855. The van der Waals surface area contributed by atoms with Crippen LogP contribution >= 0.6 is 0 Å². The Kier molecular flexibility index (Phi) is 5.99. The van der Waals surface area contributed by atoms with Crippen LogP contribution in [0.5, 0.6) is 11.5 Å². The third-order valence-corrected chi connectivity index (χ3v) is 4.18. The van der Waals surface area contributed by atoms with E-state index >= 15 is 0 Å². The summed E-state index contributed by atoms with van der Waals surface area (Å²) >= 11 is 0. The molecule has 1 aliphatic heterocycles. The van der Waals surface area contributed by atoms with Crippen LogP contribution < -0.4 is 20.3 Å². The van der Waals surface area contributed by atoms with E-state index in [2.05, 4.69) is 5.32 Å². The number of carbonyl (C=O) groups excluding carboxylic acids is 2. The van der Waals surface area contributed by atoms with Gasteiger partial charge in [0, 0.05) is 31.6 Å². The van der Waals surface area contributed by atoms with Crippen molar-refractivity contribution in [1.82, 2.24) is 15.7 Å². The molecule has 1 aromatic carbocycles. The predicted octanol–water partition coefficient (Wildman–Crippen LogP) is 0.288. The number of methoxy groups -OCH3 is 2. The number of amides is 2. The van der Waals surface area contributed by atoms with Crippen LogP contribution in [0.15, 0.2) is 18.2 Å². The monoisotopic (exact) mass is 337 g/mol. The highest BCUT2D eigenvalue weighted by Crippen LogP contribution is 2.25. The van der Waals surface area contributed by atoms with E-state index in [4.69, 9.17) is 14.7 Å². The van der Waals surface area contributed by atoms with E-state index in [9.17, 15) is 9.59 Å². The fourth-order valence-electron chi connectivity index (χ4n) is 2.83. The molecule has 1 aliphatic rings. The highest BCUT2D eigenvalue weighted by molar-refractivity contribution is 5.83. The van der Waals surface area contributed by atoms with E-state index in [0.29, 0.717) is 24.6 Å². The van der Waals surface area contributed by atoms with Gasteiger partial charge in [-0.25, -0.2) is 5.48 Å². The normalized spacial score (nSPS) is 21.1.